The summed E-state index contributed by atoms with van der Waals surface area (Å²) < 4.78 is 4.96. The van der Waals surface area contributed by atoms with Crippen LogP contribution in [0.15, 0.2) is 30.3 Å². The Labute approximate surface area is 104 Å². The Morgan fingerprint density at radius 3 is 2.71 bits per heavy atom. The van der Waals surface area contributed by atoms with Crippen molar-refractivity contribution in [1.82, 2.24) is 4.98 Å². The van der Waals surface area contributed by atoms with Crippen LogP contribution in [0.25, 0.3) is 10.9 Å². The topological polar surface area (TPSA) is 42.4 Å². The van der Waals surface area contributed by atoms with E-state index in [4.69, 9.17) is 4.74 Å². The Morgan fingerprint density at radius 1 is 1.21 bits per heavy atom. The number of phenols is 1. The van der Waals surface area contributed by atoms with Crippen molar-refractivity contribution in [3.05, 3.63) is 30.3 Å². The van der Waals surface area contributed by atoms with Gasteiger partial charge >= 0.3 is 29.6 Å². The van der Waals surface area contributed by atoms with Crippen LogP contribution in [0, 0.1) is 0 Å². The number of fused-ring (bicyclic) bond motifs is 1. The summed E-state index contributed by atoms with van der Waals surface area (Å²) in [4.78, 5) is 4.12. The fraction of sp³-hybridized carbons (Fsp3) is 0.100. The van der Waals surface area contributed by atoms with E-state index >= 15 is 0 Å². The maximum atomic E-state index is 9.47. The van der Waals surface area contributed by atoms with Gasteiger partial charge in [0.05, 0.1) is 7.11 Å². The molecule has 0 unspecified atom stereocenters. The van der Waals surface area contributed by atoms with Gasteiger partial charge < -0.3 is 9.84 Å². The number of ether oxygens (including phenoxy) is 1. The van der Waals surface area contributed by atoms with E-state index in [-0.39, 0.29) is 35.3 Å². The predicted octanol–water partition coefficient (Wildman–Crippen LogP) is 1.30. The third-order valence-corrected chi connectivity index (χ3v) is 1.88. The number of methoxy groups -OCH3 is 1. The fourth-order valence-corrected chi connectivity index (χ4v) is 1.23. The van der Waals surface area contributed by atoms with Crippen molar-refractivity contribution in [2.45, 2.75) is 0 Å². The van der Waals surface area contributed by atoms with Gasteiger partial charge in [0.1, 0.15) is 11.3 Å². The minimum absolute atomic E-state index is 0. The van der Waals surface area contributed by atoms with Gasteiger partial charge in [-0.05, 0) is 12.1 Å². The molecule has 14 heavy (non-hydrogen) atoms. The first-order valence-corrected chi connectivity index (χ1v) is 3.94. The number of aromatic nitrogens is 1. The average Bonchev–Trinajstić information content (AvgIpc) is 2.18. The molecule has 0 radical (unpaired) electrons. The standard InChI is InChI=1S/C10H9NO2.Na.H/c1-13-9-6-5-7-3-2-4-8(12)10(7)11-9;;/h2-6,12H,1H3;;. The molecule has 0 atom stereocenters. The van der Waals surface area contributed by atoms with Crippen molar-refractivity contribution < 1.29 is 9.84 Å². The van der Waals surface area contributed by atoms with Gasteiger partial charge in [-0.1, -0.05) is 12.1 Å². The van der Waals surface area contributed by atoms with E-state index in [1.165, 1.54) is 0 Å². The molecule has 0 fully saturated rings. The van der Waals surface area contributed by atoms with Gasteiger partial charge in [0.2, 0.25) is 5.88 Å². The molecule has 0 aliphatic rings. The molecule has 68 valence electrons. The number of hydrogen-bond acceptors (Lipinski definition) is 3. The van der Waals surface area contributed by atoms with Gasteiger partial charge in [-0.2, -0.15) is 0 Å². The second kappa shape index (κ2) is 4.64. The Kier molecular flexibility index (Phi) is 3.75. The predicted molar refractivity (Wildman–Crippen MR) is 57.1 cm³/mol. The molecule has 0 bridgehead atoms. The number of aromatic hydroxyl groups is 1. The number of nitrogens with zero attached hydrogens (tertiary/aromatic N) is 1. The molecule has 1 aromatic carbocycles. The van der Waals surface area contributed by atoms with E-state index in [1.54, 1.807) is 25.3 Å². The molecule has 0 saturated heterocycles. The summed E-state index contributed by atoms with van der Waals surface area (Å²) in [5, 5.41) is 10.4. The summed E-state index contributed by atoms with van der Waals surface area (Å²) in [6.45, 7) is 0. The third-order valence-electron chi connectivity index (χ3n) is 1.88. The third kappa shape index (κ3) is 2.00. The molecule has 2 rings (SSSR count). The van der Waals surface area contributed by atoms with E-state index in [1.807, 2.05) is 12.1 Å². The van der Waals surface area contributed by atoms with Crippen LogP contribution in [-0.4, -0.2) is 46.8 Å². The van der Waals surface area contributed by atoms with E-state index in [2.05, 4.69) is 4.98 Å². The first kappa shape index (κ1) is 11.3. The normalized spacial score (nSPS) is 9.50. The van der Waals surface area contributed by atoms with Gasteiger partial charge in [-0.3, -0.25) is 0 Å². The number of phenolic OH excluding ortho intramolecular Hbond substituents is 1. The number of pyridine rings is 1. The second-order valence-electron chi connectivity index (χ2n) is 2.70. The molecule has 0 aliphatic carbocycles. The van der Waals surface area contributed by atoms with Crippen molar-refractivity contribution in [3.8, 4) is 11.6 Å². The number of benzene rings is 1. The SMILES string of the molecule is COc1ccc2cccc(O)c2n1.[NaH]. The van der Waals surface area contributed by atoms with Gasteiger partial charge in [0, 0.05) is 11.5 Å². The van der Waals surface area contributed by atoms with Crippen molar-refractivity contribution in [1.29, 1.82) is 0 Å². The van der Waals surface area contributed by atoms with Crippen molar-refractivity contribution >= 4 is 40.5 Å². The molecule has 0 amide bonds. The second-order valence-corrected chi connectivity index (χ2v) is 2.70. The van der Waals surface area contributed by atoms with E-state index in [0.717, 1.165) is 5.39 Å². The van der Waals surface area contributed by atoms with Crippen molar-refractivity contribution in [2.75, 3.05) is 7.11 Å². The summed E-state index contributed by atoms with van der Waals surface area (Å²) in [6.07, 6.45) is 0. The zero-order valence-electron chi connectivity index (χ0n) is 7.19. The molecule has 0 aliphatic heterocycles. The summed E-state index contributed by atoms with van der Waals surface area (Å²) in [5.74, 6) is 0.686. The van der Waals surface area contributed by atoms with Crippen LogP contribution in [0.4, 0.5) is 0 Å². The molecular weight excluding hydrogens is 189 g/mol. The summed E-state index contributed by atoms with van der Waals surface area (Å²) in [5.41, 5.74) is 0.571. The van der Waals surface area contributed by atoms with Gasteiger partial charge in [0.15, 0.2) is 0 Å². The van der Waals surface area contributed by atoms with Gasteiger partial charge in [-0.25, -0.2) is 4.98 Å². The number of para-hydroxylation sites is 1. The molecule has 4 heteroatoms. The van der Waals surface area contributed by atoms with Crippen molar-refractivity contribution in [3.63, 3.8) is 0 Å². The monoisotopic (exact) mass is 199 g/mol. The molecule has 0 saturated carbocycles. The van der Waals surface area contributed by atoms with E-state index < -0.39 is 0 Å². The zero-order chi connectivity index (χ0) is 9.26. The maximum absolute atomic E-state index is 9.47. The average molecular weight is 199 g/mol. The molecule has 1 heterocycles. The summed E-state index contributed by atoms with van der Waals surface area (Å²) >= 11 is 0. The van der Waals surface area contributed by atoms with Crippen LogP contribution < -0.4 is 4.74 Å². The zero-order valence-corrected chi connectivity index (χ0v) is 7.19. The molecule has 0 spiro atoms. The van der Waals surface area contributed by atoms with Crippen molar-refractivity contribution in [2.24, 2.45) is 0 Å². The minimum atomic E-state index is 0. The van der Waals surface area contributed by atoms with E-state index in [0.29, 0.717) is 11.4 Å². The quantitative estimate of drug-likeness (QED) is 0.704. The van der Waals surface area contributed by atoms with E-state index in [9.17, 15) is 5.11 Å². The van der Waals surface area contributed by atoms with Crippen LogP contribution in [-0.2, 0) is 0 Å². The Hall–Kier alpha value is -0.770. The Balaban J connectivity index is 0.000000980. The van der Waals surface area contributed by atoms with Crippen LogP contribution in [0.2, 0.25) is 0 Å². The van der Waals surface area contributed by atoms with Crippen LogP contribution in [0.1, 0.15) is 0 Å². The van der Waals surface area contributed by atoms with Gasteiger partial charge in [-0.15, -0.1) is 0 Å². The summed E-state index contributed by atoms with van der Waals surface area (Å²) in [7, 11) is 1.55. The summed E-state index contributed by atoms with van der Waals surface area (Å²) in [6, 6.07) is 8.91. The molecular formula is C10H10NNaO2. The Bertz CT molecular complexity index is 445. The Morgan fingerprint density at radius 2 is 2.00 bits per heavy atom. The number of hydrogen-bond donors (Lipinski definition) is 1. The van der Waals surface area contributed by atoms with Crippen LogP contribution in [0.5, 0.6) is 11.6 Å². The van der Waals surface area contributed by atoms with Crippen LogP contribution in [0.3, 0.4) is 0 Å². The number of rotatable bonds is 1. The van der Waals surface area contributed by atoms with Gasteiger partial charge in [0.25, 0.3) is 0 Å². The molecule has 3 nitrogen and oxygen atoms in total. The molecule has 2 aromatic rings. The fourth-order valence-electron chi connectivity index (χ4n) is 1.23. The first-order valence-electron chi connectivity index (χ1n) is 3.94. The molecule has 1 N–H and O–H groups in total. The molecule has 1 aromatic heterocycles. The first-order chi connectivity index (χ1) is 6.31. The van der Waals surface area contributed by atoms with Crippen LogP contribution >= 0.6 is 0 Å².